The lowest BCUT2D eigenvalue weighted by Gasteiger charge is -2.37. The number of aliphatic carboxylic acids is 1. The second kappa shape index (κ2) is 5.48. The number of carboxylic acid groups (broad SMARTS) is 1. The summed E-state index contributed by atoms with van der Waals surface area (Å²) in [5.74, 6) is -0.621. The van der Waals surface area contributed by atoms with Crippen LogP contribution in [-0.2, 0) is 9.53 Å². The highest BCUT2D eigenvalue weighted by atomic mass is 16.5. The van der Waals surface area contributed by atoms with Crippen LogP contribution in [0, 0.1) is 12.3 Å². The number of aromatic nitrogens is 1. The highest BCUT2D eigenvalue weighted by molar-refractivity contribution is 5.90. The van der Waals surface area contributed by atoms with Gasteiger partial charge in [-0.15, -0.1) is 0 Å². The number of anilines is 1. The molecule has 0 amide bonds. The lowest BCUT2D eigenvalue weighted by Crippen LogP contribution is -2.43. The molecule has 1 heterocycles. The van der Waals surface area contributed by atoms with Gasteiger partial charge in [0.1, 0.15) is 5.82 Å². The Morgan fingerprint density at radius 1 is 1.45 bits per heavy atom. The maximum atomic E-state index is 11.4. The van der Waals surface area contributed by atoms with Crippen LogP contribution in [0.5, 0.6) is 0 Å². The molecule has 0 aliphatic heterocycles. The van der Waals surface area contributed by atoms with Crippen LogP contribution in [0.3, 0.4) is 0 Å². The van der Waals surface area contributed by atoms with Gasteiger partial charge in [-0.2, -0.15) is 0 Å². The Morgan fingerprint density at radius 3 is 2.60 bits per heavy atom. The molecule has 1 fully saturated rings. The Kier molecular flexibility index (Phi) is 3.92. The summed E-state index contributed by atoms with van der Waals surface area (Å²) in [6, 6.07) is 3.29. The fraction of sp³-hybridized carbons (Fsp3) is 0.500. The number of aryl methyl sites for hydroxylation is 1. The molecule has 0 bridgehead atoms. The number of rotatable bonds is 5. The molecule has 1 aliphatic rings. The van der Waals surface area contributed by atoms with E-state index in [4.69, 9.17) is 0 Å². The number of carbonyl (C=O) groups excluding carboxylic acids is 1. The zero-order valence-electron chi connectivity index (χ0n) is 11.6. The van der Waals surface area contributed by atoms with Gasteiger partial charge in [-0.25, -0.2) is 9.78 Å². The third-order valence-electron chi connectivity index (χ3n) is 3.86. The number of nitrogens with one attached hydrogen (secondary N) is 1. The van der Waals surface area contributed by atoms with Gasteiger partial charge in [0, 0.05) is 6.54 Å². The molecule has 2 rings (SSSR count). The Morgan fingerprint density at radius 2 is 2.15 bits per heavy atom. The molecule has 6 nitrogen and oxygen atoms in total. The lowest BCUT2D eigenvalue weighted by molar-refractivity contribution is -0.153. The molecule has 20 heavy (non-hydrogen) atoms. The number of ether oxygens (including phenoxy) is 1. The Balaban J connectivity index is 2.06. The number of esters is 1. The zero-order chi connectivity index (χ0) is 14.8. The van der Waals surface area contributed by atoms with Gasteiger partial charge in [0.2, 0.25) is 0 Å². The maximum Gasteiger partial charge on any atom is 0.339 e. The van der Waals surface area contributed by atoms with Crippen molar-refractivity contribution >= 4 is 17.8 Å². The summed E-state index contributed by atoms with van der Waals surface area (Å²) in [7, 11) is 1.32. The van der Waals surface area contributed by atoms with Crippen LogP contribution >= 0.6 is 0 Å². The number of carboxylic acids is 1. The normalized spacial score (nSPS) is 16.1. The number of nitrogens with zero attached hydrogens (tertiary/aromatic N) is 1. The molecule has 0 unspecified atom stereocenters. The topological polar surface area (TPSA) is 88.5 Å². The summed E-state index contributed by atoms with van der Waals surface area (Å²) in [5.41, 5.74) is 0.297. The Hall–Kier alpha value is -2.11. The summed E-state index contributed by atoms with van der Waals surface area (Å²) in [5, 5.41) is 12.3. The molecule has 0 aromatic carbocycles. The van der Waals surface area contributed by atoms with Gasteiger partial charge in [0.05, 0.1) is 23.8 Å². The average Bonchev–Trinajstić information content (AvgIpc) is 2.36. The molecule has 1 aromatic heterocycles. The van der Waals surface area contributed by atoms with E-state index in [0.717, 1.165) is 6.42 Å². The molecule has 0 radical (unpaired) electrons. The third-order valence-corrected chi connectivity index (χ3v) is 3.86. The van der Waals surface area contributed by atoms with Crippen molar-refractivity contribution in [2.45, 2.75) is 26.2 Å². The predicted octanol–water partition coefficient (Wildman–Crippen LogP) is 1.84. The van der Waals surface area contributed by atoms with Crippen LogP contribution in [0.1, 0.15) is 35.3 Å². The van der Waals surface area contributed by atoms with Gasteiger partial charge >= 0.3 is 11.9 Å². The van der Waals surface area contributed by atoms with Gasteiger partial charge in [0.25, 0.3) is 0 Å². The maximum absolute atomic E-state index is 11.4. The van der Waals surface area contributed by atoms with Gasteiger partial charge in [-0.3, -0.25) is 4.79 Å². The van der Waals surface area contributed by atoms with Gasteiger partial charge in [-0.1, -0.05) is 6.42 Å². The molecule has 1 aromatic rings. The van der Waals surface area contributed by atoms with Crippen LogP contribution in [0.4, 0.5) is 5.82 Å². The SMILES string of the molecule is COC(=O)c1ccc(NCC2(C(=O)O)CCC2)nc1C. The van der Waals surface area contributed by atoms with Crippen LogP contribution in [-0.4, -0.2) is 35.7 Å². The summed E-state index contributed by atoms with van der Waals surface area (Å²) in [6.45, 7) is 2.07. The summed E-state index contributed by atoms with van der Waals surface area (Å²) < 4.78 is 4.65. The molecule has 1 saturated carbocycles. The van der Waals surface area contributed by atoms with Gasteiger partial charge in [-0.05, 0) is 31.9 Å². The van der Waals surface area contributed by atoms with Gasteiger partial charge in [0.15, 0.2) is 0 Å². The number of pyridine rings is 1. The second-order valence-corrected chi connectivity index (χ2v) is 5.11. The second-order valence-electron chi connectivity index (χ2n) is 5.11. The fourth-order valence-corrected chi connectivity index (χ4v) is 2.31. The van der Waals surface area contributed by atoms with Crippen molar-refractivity contribution in [3.8, 4) is 0 Å². The minimum atomic E-state index is -0.765. The number of carbonyl (C=O) groups is 2. The number of methoxy groups -OCH3 is 1. The van der Waals surface area contributed by atoms with Crippen molar-refractivity contribution in [3.05, 3.63) is 23.4 Å². The van der Waals surface area contributed by atoms with Crippen molar-refractivity contribution in [1.82, 2.24) is 4.98 Å². The van der Waals surface area contributed by atoms with E-state index in [2.05, 4.69) is 15.0 Å². The molecule has 0 spiro atoms. The number of hydrogen-bond acceptors (Lipinski definition) is 5. The quantitative estimate of drug-likeness (QED) is 0.799. The van der Waals surface area contributed by atoms with Crippen LogP contribution in [0.2, 0.25) is 0 Å². The smallest absolute Gasteiger partial charge is 0.339 e. The minimum Gasteiger partial charge on any atom is -0.481 e. The molecule has 0 atom stereocenters. The zero-order valence-corrected chi connectivity index (χ0v) is 11.6. The van der Waals surface area contributed by atoms with Crippen molar-refractivity contribution in [2.75, 3.05) is 19.0 Å². The van der Waals surface area contributed by atoms with Crippen molar-refractivity contribution in [1.29, 1.82) is 0 Å². The molecular weight excluding hydrogens is 260 g/mol. The van der Waals surface area contributed by atoms with Crippen LogP contribution in [0.15, 0.2) is 12.1 Å². The Bertz CT molecular complexity index is 538. The molecular formula is C14H18N2O4. The molecule has 108 valence electrons. The van der Waals surface area contributed by atoms with E-state index in [-0.39, 0.29) is 0 Å². The third kappa shape index (κ3) is 2.59. The molecule has 2 N–H and O–H groups in total. The van der Waals surface area contributed by atoms with E-state index in [1.54, 1.807) is 19.1 Å². The fourth-order valence-electron chi connectivity index (χ4n) is 2.31. The van der Waals surface area contributed by atoms with Crippen molar-refractivity contribution < 1.29 is 19.4 Å². The van der Waals surface area contributed by atoms with E-state index in [1.807, 2.05) is 0 Å². The van der Waals surface area contributed by atoms with Crippen LogP contribution in [0.25, 0.3) is 0 Å². The van der Waals surface area contributed by atoms with Crippen LogP contribution < -0.4 is 5.32 Å². The van der Waals surface area contributed by atoms with E-state index < -0.39 is 17.4 Å². The first-order chi connectivity index (χ1) is 9.48. The van der Waals surface area contributed by atoms with E-state index >= 15 is 0 Å². The molecule has 6 heteroatoms. The summed E-state index contributed by atoms with van der Waals surface area (Å²) in [6.07, 6.45) is 2.32. The number of hydrogen-bond donors (Lipinski definition) is 2. The van der Waals surface area contributed by atoms with E-state index in [1.165, 1.54) is 7.11 Å². The first-order valence-electron chi connectivity index (χ1n) is 6.52. The van der Waals surface area contributed by atoms with Crippen molar-refractivity contribution in [2.24, 2.45) is 5.41 Å². The highest BCUT2D eigenvalue weighted by Crippen LogP contribution is 2.41. The summed E-state index contributed by atoms with van der Waals surface area (Å²) >= 11 is 0. The standard InChI is InChI=1S/C14H18N2O4/c1-9-10(12(17)20-2)4-5-11(16-9)15-8-14(13(18)19)6-3-7-14/h4-5H,3,6-8H2,1-2H3,(H,15,16)(H,18,19). The highest BCUT2D eigenvalue weighted by Gasteiger charge is 2.44. The van der Waals surface area contributed by atoms with Gasteiger partial charge < -0.3 is 15.2 Å². The predicted molar refractivity (Wildman–Crippen MR) is 72.7 cm³/mol. The lowest BCUT2D eigenvalue weighted by atomic mass is 9.69. The molecule has 1 aliphatic carbocycles. The monoisotopic (exact) mass is 278 g/mol. The summed E-state index contributed by atoms with van der Waals surface area (Å²) in [4.78, 5) is 27.0. The minimum absolute atomic E-state index is 0.354. The Labute approximate surface area is 117 Å². The van der Waals surface area contributed by atoms with E-state index in [0.29, 0.717) is 36.5 Å². The average molecular weight is 278 g/mol. The largest absolute Gasteiger partial charge is 0.481 e. The molecule has 0 saturated heterocycles. The van der Waals surface area contributed by atoms with Crippen molar-refractivity contribution in [3.63, 3.8) is 0 Å². The van der Waals surface area contributed by atoms with E-state index in [9.17, 15) is 14.7 Å². The first kappa shape index (κ1) is 14.3. The first-order valence-corrected chi connectivity index (χ1v) is 6.52.